The van der Waals surface area contributed by atoms with E-state index in [0.29, 0.717) is 12.3 Å². The molecule has 0 spiro atoms. The number of unbranched alkanes of at least 4 members (excludes halogenated alkanes) is 1. The number of rotatable bonds is 11. The van der Waals surface area contributed by atoms with Crippen LogP contribution in [0.25, 0.3) is 0 Å². The Morgan fingerprint density at radius 2 is 1.57 bits per heavy atom. The monoisotopic (exact) mass is 434 g/mol. The van der Waals surface area contributed by atoms with Crippen LogP contribution in [0.4, 0.5) is 8.78 Å². The maximum absolute atomic E-state index is 13.2. The molecule has 30 heavy (non-hydrogen) atoms. The predicted molar refractivity (Wildman–Crippen MR) is 117 cm³/mol. The van der Waals surface area contributed by atoms with Crippen molar-refractivity contribution in [3.8, 4) is 0 Å². The summed E-state index contributed by atoms with van der Waals surface area (Å²) in [5.41, 5.74) is 1.67. The van der Waals surface area contributed by atoms with E-state index in [4.69, 9.17) is 0 Å². The maximum Gasteiger partial charge on any atom is 0.242 e. The Morgan fingerprint density at radius 1 is 1.00 bits per heavy atom. The molecule has 2 amide bonds. The first kappa shape index (κ1) is 23.9. The Kier molecular flexibility index (Phi) is 9.80. The average Bonchev–Trinajstić information content (AvgIpc) is 2.74. The molecular formula is C23H28F2N2O2S. The summed E-state index contributed by atoms with van der Waals surface area (Å²) < 4.78 is 26.2. The lowest BCUT2D eigenvalue weighted by atomic mass is 10.1. The first-order chi connectivity index (χ1) is 14.4. The van der Waals surface area contributed by atoms with E-state index in [-0.39, 0.29) is 35.7 Å². The third-order valence-electron chi connectivity index (χ3n) is 4.67. The summed E-state index contributed by atoms with van der Waals surface area (Å²) in [6.45, 7) is 4.53. The molecule has 0 bridgehead atoms. The van der Waals surface area contributed by atoms with Crippen LogP contribution < -0.4 is 5.32 Å². The largest absolute Gasteiger partial charge is 0.354 e. The molecule has 162 valence electrons. The van der Waals surface area contributed by atoms with Gasteiger partial charge in [0.1, 0.15) is 17.7 Å². The van der Waals surface area contributed by atoms with Crippen LogP contribution in [0.3, 0.4) is 0 Å². The quantitative estimate of drug-likeness (QED) is 0.529. The van der Waals surface area contributed by atoms with Crippen molar-refractivity contribution >= 4 is 23.6 Å². The van der Waals surface area contributed by atoms with Gasteiger partial charge in [0.2, 0.25) is 11.8 Å². The van der Waals surface area contributed by atoms with Gasteiger partial charge in [-0.2, -0.15) is 0 Å². The molecule has 0 aliphatic heterocycles. The van der Waals surface area contributed by atoms with E-state index < -0.39 is 6.04 Å². The molecule has 0 aliphatic carbocycles. The van der Waals surface area contributed by atoms with Crippen LogP contribution in [-0.2, 0) is 21.9 Å². The average molecular weight is 435 g/mol. The van der Waals surface area contributed by atoms with Crippen LogP contribution in [0, 0.1) is 11.6 Å². The lowest BCUT2D eigenvalue weighted by Gasteiger charge is -2.28. The van der Waals surface area contributed by atoms with Crippen molar-refractivity contribution in [1.29, 1.82) is 0 Å². The van der Waals surface area contributed by atoms with Gasteiger partial charge in [0, 0.05) is 18.8 Å². The van der Waals surface area contributed by atoms with Crippen LogP contribution in [0.1, 0.15) is 37.8 Å². The zero-order valence-corrected chi connectivity index (χ0v) is 18.2. The molecule has 1 N–H and O–H groups in total. The molecule has 0 heterocycles. The highest BCUT2D eigenvalue weighted by Crippen LogP contribution is 2.16. The number of hydrogen-bond donors (Lipinski definition) is 1. The Balaban J connectivity index is 2.02. The van der Waals surface area contributed by atoms with E-state index in [9.17, 15) is 18.4 Å². The predicted octanol–water partition coefficient (Wildman–Crippen LogP) is 4.53. The molecule has 2 aromatic rings. The first-order valence-corrected chi connectivity index (χ1v) is 11.2. The van der Waals surface area contributed by atoms with Crippen LogP contribution in [0.2, 0.25) is 0 Å². The van der Waals surface area contributed by atoms with Gasteiger partial charge in [0.05, 0.1) is 5.75 Å². The minimum absolute atomic E-state index is 0.176. The number of halogens is 2. The molecule has 4 nitrogen and oxygen atoms in total. The lowest BCUT2D eigenvalue weighted by Crippen LogP contribution is -2.48. The number of nitrogens with zero attached hydrogens (tertiary/aromatic N) is 1. The smallest absolute Gasteiger partial charge is 0.242 e. The van der Waals surface area contributed by atoms with Gasteiger partial charge >= 0.3 is 0 Å². The lowest BCUT2D eigenvalue weighted by molar-refractivity contribution is -0.138. The Bertz CT molecular complexity index is 813. The van der Waals surface area contributed by atoms with Crippen LogP contribution in [0.15, 0.2) is 48.5 Å². The van der Waals surface area contributed by atoms with Crippen molar-refractivity contribution < 1.29 is 18.4 Å². The molecule has 0 aromatic heterocycles. The number of carbonyl (C=O) groups excluding carboxylic acids is 2. The van der Waals surface area contributed by atoms with E-state index in [2.05, 4.69) is 5.32 Å². The number of thioether (sulfide) groups is 1. The summed E-state index contributed by atoms with van der Waals surface area (Å²) >= 11 is 1.41. The second kappa shape index (κ2) is 12.3. The van der Waals surface area contributed by atoms with E-state index in [1.54, 1.807) is 31.2 Å². The highest BCUT2D eigenvalue weighted by atomic mass is 32.2. The van der Waals surface area contributed by atoms with E-state index in [1.165, 1.54) is 40.9 Å². The second-order valence-corrected chi connectivity index (χ2v) is 8.07. The topological polar surface area (TPSA) is 49.4 Å². The number of nitrogens with one attached hydrogen (secondary N) is 1. The van der Waals surface area contributed by atoms with Gasteiger partial charge in [-0.05, 0) is 48.7 Å². The number of amides is 2. The summed E-state index contributed by atoms with van der Waals surface area (Å²) in [4.78, 5) is 27.0. The number of benzene rings is 2. The molecule has 2 rings (SSSR count). The van der Waals surface area contributed by atoms with Crippen molar-refractivity contribution in [2.24, 2.45) is 0 Å². The normalized spacial score (nSPS) is 11.7. The molecule has 0 saturated heterocycles. The van der Waals surface area contributed by atoms with E-state index in [1.807, 2.05) is 6.92 Å². The Labute approximate surface area is 181 Å². The molecule has 0 aliphatic rings. The summed E-state index contributed by atoms with van der Waals surface area (Å²) in [5, 5.41) is 2.87. The third kappa shape index (κ3) is 7.78. The zero-order valence-electron chi connectivity index (χ0n) is 17.4. The fourth-order valence-electron chi connectivity index (χ4n) is 2.82. The van der Waals surface area contributed by atoms with Crippen molar-refractivity contribution in [2.45, 2.75) is 45.0 Å². The fourth-order valence-corrected chi connectivity index (χ4v) is 3.70. The van der Waals surface area contributed by atoms with Gasteiger partial charge in [0.15, 0.2) is 0 Å². The first-order valence-electron chi connectivity index (χ1n) is 10.0. The van der Waals surface area contributed by atoms with Crippen LogP contribution in [0.5, 0.6) is 0 Å². The van der Waals surface area contributed by atoms with E-state index in [0.717, 1.165) is 24.0 Å². The fraction of sp³-hybridized carbons (Fsp3) is 0.391. The van der Waals surface area contributed by atoms with Gasteiger partial charge in [-0.1, -0.05) is 37.6 Å². The standard InChI is InChI=1S/C23H28F2N2O2S/c1-3-4-13-26-23(29)17(2)27(14-18-5-9-20(24)10-6-18)22(28)16-30-15-19-7-11-21(25)12-8-19/h5-12,17H,3-4,13-16H2,1-2H3,(H,26,29). The highest BCUT2D eigenvalue weighted by molar-refractivity contribution is 7.99. The highest BCUT2D eigenvalue weighted by Gasteiger charge is 2.25. The van der Waals surface area contributed by atoms with Crippen molar-refractivity contribution in [3.63, 3.8) is 0 Å². The minimum atomic E-state index is -0.647. The van der Waals surface area contributed by atoms with Gasteiger partial charge in [-0.3, -0.25) is 9.59 Å². The minimum Gasteiger partial charge on any atom is -0.354 e. The summed E-state index contributed by atoms with van der Waals surface area (Å²) in [5.74, 6) is -0.282. The Morgan fingerprint density at radius 3 is 2.13 bits per heavy atom. The summed E-state index contributed by atoms with van der Waals surface area (Å²) in [6.07, 6.45) is 1.84. The third-order valence-corrected chi connectivity index (χ3v) is 5.66. The Hall–Kier alpha value is -2.41. The van der Waals surface area contributed by atoms with Crippen molar-refractivity contribution in [3.05, 3.63) is 71.3 Å². The summed E-state index contributed by atoms with van der Waals surface area (Å²) in [6, 6.07) is 11.4. The van der Waals surface area contributed by atoms with E-state index >= 15 is 0 Å². The van der Waals surface area contributed by atoms with Gasteiger partial charge in [-0.15, -0.1) is 11.8 Å². The van der Waals surface area contributed by atoms with Gasteiger partial charge in [0.25, 0.3) is 0 Å². The van der Waals surface area contributed by atoms with Crippen molar-refractivity contribution in [1.82, 2.24) is 10.2 Å². The SMILES string of the molecule is CCCCNC(=O)C(C)N(Cc1ccc(F)cc1)C(=O)CSCc1ccc(F)cc1. The molecule has 2 aromatic carbocycles. The number of hydrogen-bond acceptors (Lipinski definition) is 3. The summed E-state index contributed by atoms with van der Waals surface area (Å²) in [7, 11) is 0. The maximum atomic E-state index is 13.2. The molecule has 0 radical (unpaired) electrons. The van der Waals surface area contributed by atoms with Crippen LogP contribution in [-0.4, -0.2) is 35.1 Å². The van der Waals surface area contributed by atoms with Gasteiger partial charge in [-0.25, -0.2) is 8.78 Å². The van der Waals surface area contributed by atoms with Gasteiger partial charge < -0.3 is 10.2 Å². The van der Waals surface area contributed by atoms with Crippen molar-refractivity contribution in [2.75, 3.05) is 12.3 Å². The zero-order chi connectivity index (χ0) is 21.9. The molecule has 1 unspecified atom stereocenters. The molecule has 0 fully saturated rings. The molecule has 1 atom stereocenters. The second-order valence-electron chi connectivity index (χ2n) is 7.09. The molecule has 0 saturated carbocycles. The number of carbonyl (C=O) groups is 2. The molecular weight excluding hydrogens is 406 g/mol. The molecule has 7 heteroatoms. The van der Waals surface area contributed by atoms with Crippen LogP contribution >= 0.6 is 11.8 Å².